The summed E-state index contributed by atoms with van der Waals surface area (Å²) < 4.78 is 5.29. The minimum absolute atomic E-state index is 0.579. The summed E-state index contributed by atoms with van der Waals surface area (Å²) in [5, 5.41) is 3.42. The maximum Gasteiger partial charge on any atom is 0.0602 e. The largest absolute Gasteiger partial charge is 0.379 e. The molecule has 0 aromatic heterocycles. The van der Waals surface area contributed by atoms with Gasteiger partial charge in [-0.2, -0.15) is 0 Å². The van der Waals surface area contributed by atoms with E-state index < -0.39 is 0 Å². The summed E-state index contributed by atoms with van der Waals surface area (Å²) in [6.45, 7) is 3.37. The average molecular weight is 240 g/mol. The molecule has 16 heavy (non-hydrogen) atoms. The maximum absolute atomic E-state index is 5.51. The number of halogens is 1. The number of hydrogen-bond donors (Lipinski definition) is 1. The van der Waals surface area contributed by atoms with E-state index in [9.17, 15) is 0 Å². The molecule has 1 aromatic rings. The molecule has 0 fully saturated rings. The third-order valence-electron chi connectivity index (χ3n) is 3.00. The fourth-order valence-corrected chi connectivity index (χ4v) is 2.23. The highest BCUT2D eigenvalue weighted by Crippen LogP contribution is 2.33. The molecule has 88 valence electrons. The Bertz CT molecular complexity index is 329. The number of benzene rings is 1. The highest BCUT2D eigenvalue weighted by molar-refractivity contribution is 6.17. The Hall–Kier alpha value is -0.570. The molecular formula is C13H18ClNO. The van der Waals surface area contributed by atoms with E-state index in [-0.39, 0.29) is 0 Å². The van der Waals surface area contributed by atoms with Gasteiger partial charge in [0.1, 0.15) is 0 Å². The molecule has 2 rings (SSSR count). The minimum Gasteiger partial charge on any atom is -0.379 e. The second-order valence-electron chi connectivity index (χ2n) is 4.11. The van der Waals surface area contributed by atoms with Crippen molar-refractivity contribution in [3.63, 3.8) is 0 Å². The Labute approximate surface area is 102 Å². The summed E-state index contributed by atoms with van der Waals surface area (Å²) in [5.41, 5.74) is 3.02. The third-order valence-corrected chi connectivity index (χ3v) is 3.15. The smallest absolute Gasteiger partial charge is 0.0602 e. The molecule has 0 spiro atoms. The topological polar surface area (TPSA) is 21.3 Å². The van der Waals surface area contributed by atoms with Gasteiger partial charge in [-0.25, -0.2) is 0 Å². The van der Waals surface area contributed by atoms with Gasteiger partial charge in [-0.15, -0.1) is 11.6 Å². The van der Waals surface area contributed by atoms with E-state index in [0.29, 0.717) is 18.4 Å². The van der Waals surface area contributed by atoms with Crippen molar-refractivity contribution in [2.24, 2.45) is 0 Å². The lowest BCUT2D eigenvalue weighted by molar-refractivity contribution is 0.150. The molecule has 1 aromatic carbocycles. The van der Waals surface area contributed by atoms with Gasteiger partial charge >= 0.3 is 0 Å². The van der Waals surface area contributed by atoms with Crippen LogP contribution in [0, 0.1) is 0 Å². The van der Waals surface area contributed by atoms with Crippen LogP contribution in [-0.4, -0.2) is 32.2 Å². The molecule has 1 N–H and O–H groups in total. The van der Waals surface area contributed by atoms with Crippen LogP contribution in [0.4, 0.5) is 0 Å². The lowest BCUT2D eigenvalue weighted by Gasteiger charge is -2.30. The fraction of sp³-hybridized carbons (Fsp3) is 0.538. The van der Waals surface area contributed by atoms with Crippen LogP contribution in [0.25, 0.3) is 0 Å². The van der Waals surface area contributed by atoms with Crippen molar-refractivity contribution in [1.29, 1.82) is 0 Å². The zero-order valence-electron chi connectivity index (χ0n) is 9.42. The zero-order chi connectivity index (χ0) is 11.2. The van der Waals surface area contributed by atoms with Crippen LogP contribution < -0.4 is 5.32 Å². The summed E-state index contributed by atoms with van der Waals surface area (Å²) in [5.74, 6) is 1.28. The van der Waals surface area contributed by atoms with E-state index in [1.165, 1.54) is 17.5 Å². The first kappa shape index (κ1) is 11.9. The van der Waals surface area contributed by atoms with Gasteiger partial charge in [-0.1, -0.05) is 24.3 Å². The first-order valence-corrected chi connectivity index (χ1v) is 6.37. The van der Waals surface area contributed by atoms with Crippen LogP contribution >= 0.6 is 11.6 Å². The quantitative estimate of drug-likeness (QED) is 0.582. The molecule has 0 amide bonds. The molecule has 1 aliphatic rings. The van der Waals surface area contributed by atoms with Crippen LogP contribution in [0.2, 0.25) is 0 Å². The highest BCUT2D eigenvalue weighted by Gasteiger charge is 2.24. The number of ether oxygens (including phenoxy) is 1. The summed E-state index contributed by atoms with van der Waals surface area (Å²) in [6.07, 6.45) is 1.21. The molecular weight excluding hydrogens is 222 g/mol. The van der Waals surface area contributed by atoms with Gasteiger partial charge in [-0.05, 0) is 17.5 Å². The van der Waals surface area contributed by atoms with E-state index in [2.05, 4.69) is 29.6 Å². The molecule has 1 atom stereocenters. The van der Waals surface area contributed by atoms with Gasteiger partial charge in [0.25, 0.3) is 0 Å². The standard InChI is InChI=1S/C13H18ClNO/c14-5-7-16-8-6-15-10-12-9-11-3-1-2-4-13(11)12/h1-4,12,15H,5-10H2. The van der Waals surface area contributed by atoms with Gasteiger partial charge in [0.2, 0.25) is 0 Å². The minimum atomic E-state index is 0.579. The van der Waals surface area contributed by atoms with Crippen molar-refractivity contribution in [1.82, 2.24) is 5.32 Å². The molecule has 0 bridgehead atoms. The summed E-state index contributed by atoms with van der Waals surface area (Å²) in [6, 6.07) is 8.68. The van der Waals surface area contributed by atoms with E-state index in [0.717, 1.165) is 19.7 Å². The summed E-state index contributed by atoms with van der Waals surface area (Å²) >= 11 is 5.51. The molecule has 2 nitrogen and oxygen atoms in total. The van der Waals surface area contributed by atoms with E-state index in [1.807, 2.05) is 0 Å². The molecule has 0 saturated carbocycles. The molecule has 1 unspecified atom stereocenters. The molecule has 0 aliphatic heterocycles. The van der Waals surface area contributed by atoms with Gasteiger partial charge in [0.15, 0.2) is 0 Å². The predicted molar refractivity (Wildman–Crippen MR) is 67.3 cm³/mol. The second-order valence-corrected chi connectivity index (χ2v) is 4.48. The Morgan fingerprint density at radius 2 is 2.19 bits per heavy atom. The Morgan fingerprint density at radius 1 is 1.31 bits per heavy atom. The molecule has 0 radical (unpaired) electrons. The molecule has 0 saturated heterocycles. The lowest BCUT2D eigenvalue weighted by Crippen LogP contribution is -2.31. The Balaban J connectivity index is 1.59. The number of hydrogen-bond acceptors (Lipinski definition) is 2. The molecule has 3 heteroatoms. The van der Waals surface area contributed by atoms with Crippen molar-refractivity contribution >= 4 is 11.6 Å². The van der Waals surface area contributed by atoms with Crippen LogP contribution in [0.15, 0.2) is 24.3 Å². The second kappa shape index (κ2) is 6.24. The highest BCUT2D eigenvalue weighted by atomic mass is 35.5. The van der Waals surface area contributed by atoms with Crippen LogP contribution in [0.5, 0.6) is 0 Å². The Morgan fingerprint density at radius 3 is 3.00 bits per heavy atom. The normalized spacial score (nSPS) is 17.9. The number of fused-ring (bicyclic) bond motifs is 1. The monoisotopic (exact) mass is 239 g/mol. The number of rotatable bonds is 7. The number of nitrogens with one attached hydrogen (secondary N) is 1. The van der Waals surface area contributed by atoms with Crippen molar-refractivity contribution < 1.29 is 4.74 Å². The Kier molecular flexibility index (Phi) is 4.64. The fourth-order valence-electron chi connectivity index (χ4n) is 2.12. The van der Waals surface area contributed by atoms with E-state index in [4.69, 9.17) is 16.3 Å². The van der Waals surface area contributed by atoms with Crippen LogP contribution in [0.3, 0.4) is 0 Å². The van der Waals surface area contributed by atoms with Gasteiger partial charge < -0.3 is 10.1 Å². The van der Waals surface area contributed by atoms with E-state index >= 15 is 0 Å². The average Bonchev–Trinajstić information content (AvgIpc) is 2.28. The first-order valence-electron chi connectivity index (χ1n) is 5.84. The third kappa shape index (κ3) is 2.97. The zero-order valence-corrected chi connectivity index (χ0v) is 10.2. The van der Waals surface area contributed by atoms with Gasteiger partial charge in [0.05, 0.1) is 13.2 Å². The van der Waals surface area contributed by atoms with Crippen molar-refractivity contribution in [2.75, 3.05) is 32.2 Å². The molecule has 0 heterocycles. The molecule has 1 aliphatic carbocycles. The lowest BCUT2D eigenvalue weighted by atomic mass is 9.78. The maximum atomic E-state index is 5.51. The van der Waals surface area contributed by atoms with Crippen LogP contribution in [-0.2, 0) is 11.2 Å². The predicted octanol–water partition coefficient (Wildman–Crippen LogP) is 2.17. The SMILES string of the molecule is ClCCOCCNCC1Cc2ccccc21. The van der Waals surface area contributed by atoms with E-state index in [1.54, 1.807) is 0 Å². The summed E-state index contributed by atoms with van der Waals surface area (Å²) in [7, 11) is 0. The van der Waals surface area contributed by atoms with Gasteiger partial charge in [-0.3, -0.25) is 0 Å². The first-order chi connectivity index (χ1) is 7.92. The van der Waals surface area contributed by atoms with Crippen molar-refractivity contribution in [3.05, 3.63) is 35.4 Å². The summed E-state index contributed by atoms with van der Waals surface area (Å²) in [4.78, 5) is 0. The van der Waals surface area contributed by atoms with Gasteiger partial charge in [0, 0.05) is 24.9 Å². The van der Waals surface area contributed by atoms with Crippen molar-refractivity contribution in [3.8, 4) is 0 Å². The van der Waals surface area contributed by atoms with Crippen molar-refractivity contribution in [2.45, 2.75) is 12.3 Å². The number of alkyl halides is 1. The van der Waals surface area contributed by atoms with Crippen LogP contribution in [0.1, 0.15) is 17.0 Å².